The lowest BCUT2D eigenvalue weighted by atomic mass is 10.2. The first-order valence-corrected chi connectivity index (χ1v) is 13.0. The van der Waals surface area contributed by atoms with Crippen molar-refractivity contribution in [2.24, 2.45) is 0 Å². The third-order valence-corrected chi connectivity index (χ3v) is 7.15. The summed E-state index contributed by atoms with van der Waals surface area (Å²) in [5.74, 6) is 1.81. The van der Waals surface area contributed by atoms with Gasteiger partial charge in [-0.2, -0.15) is 19.6 Å². The van der Waals surface area contributed by atoms with Crippen LogP contribution >= 0.6 is 0 Å². The molecule has 0 saturated carbocycles. The monoisotopic (exact) mass is 521 g/mol. The summed E-state index contributed by atoms with van der Waals surface area (Å²) < 4.78 is 27.7. The zero-order valence-electron chi connectivity index (χ0n) is 21.4. The number of piperazine rings is 1. The van der Waals surface area contributed by atoms with E-state index in [0.29, 0.717) is 34.5 Å². The van der Waals surface area contributed by atoms with Crippen LogP contribution in [0.2, 0.25) is 0 Å². The van der Waals surface area contributed by atoms with Gasteiger partial charge in [-0.15, -0.1) is 0 Å². The average molecular weight is 522 g/mol. The number of nitrogens with two attached hydrogens (primary N) is 1. The van der Waals surface area contributed by atoms with Gasteiger partial charge in [-0.1, -0.05) is 0 Å². The molecule has 0 aliphatic carbocycles. The summed E-state index contributed by atoms with van der Waals surface area (Å²) >= 11 is 0. The number of furan rings is 1. The second kappa shape index (κ2) is 10.5. The maximum Gasteiger partial charge on any atom is 0.230 e. The van der Waals surface area contributed by atoms with Crippen LogP contribution in [-0.2, 0) is 0 Å². The number of benzene rings is 1. The molecule has 12 heteroatoms. The Morgan fingerprint density at radius 2 is 2.05 bits per heavy atom. The molecule has 2 aliphatic heterocycles. The molecule has 0 spiro atoms. The number of hydrogen-bond acceptors (Lipinski definition) is 10. The van der Waals surface area contributed by atoms with E-state index in [4.69, 9.17) is 14.9 Å². The zero-order valence-corrected chi connectivity index (χ0v) is 21.4. The van der Waals surface area contributed by atoms with Gasteiger partial charge in [0.1, 0.15) is 23.4 Å². The highest BCUT2D eigenvalue weighted by Crippen LogP contribution is 2.27. The van der Waals surface area contributed by atoms with Crippen molar-refractivity contribution in [1.82, 2.24) is 29.8 Å². The number of nitrogen functional groups attached to an aromatic ring is 1. The Kier molecular flexibility index (Phi) is 6.73. The molecule has 0 radical (unpaired) electrons. The number of ether oxygens (including phenoxy) is 1. The van der Waals surface area contributed by atoms with Crippen LogP contribution in [0.1, 0.15) is 6.42 Å². The Morgan fingerprint density at radius 1 is 1.18 bits per heavy atom. The predicted octanol–water partition coefficient (Wildman–Crippen LogP) is 2.10. The minimum Gasteiger partial charge on any atom is -0.489 e. The molecule has 1 atom stereocenters. The Hall–Kier alpha value is -3.90. The lowest BCUT2D eigenvalue weighted by Gasteiger charge is -2.36. The molecule has 1 aromatic carbocycles. The average Bonchev–Trinajstić information content (AvgIpc) is 3.70. The first-order chi connectivity index (χ1) is 18.5. The molecule has 38 heavy (non-hydrogen) atoms. The second-order valence-corrected chi connectivity index (χ2v) is 9.75. The molecule has 3 aromatic heterocycles. The highest BCUT2D eigenvalue weighted by Gasteiger charge is 2.22. The SMILES string of the molecule is CN(CCN1CCN(c2ccc(OC3CCNC3)cc2F)CC1)c1nc(N)n2nc(-c3ccco3)cc2n1. The molecule has 2 saturated heterocycles. The number of hydrogen-bond donors (Lipinski definition) is 2. The smallest absolute Gasteiger partial charge is 0.230 e. The maximum atomic E-state index is 14.9. The number of likely N-dealkylation sites (N-methyl/N-ethyl adjacent to an activating group) is 1. The summed E-state index contributed by atoms with van der Waals surface area (Å²) in [6.07, 6.45) is 2.67. The van der Waals surface area contributed by atoms with Crippen molar-refractivity contribution in [3.63, 3.8) is 0 Å². The van der Waals surface area contributed by atoms with Crippen molar-refractivity contribution in [2.75, 3.05) is 74.9 Å². The Balaban J connectivity index is 1.03. The van der Waals surface area contributed by atoms with E-state index >= 15 is 0 Å². The van der Waals surface area contributed by atoms with E-state index < -0.39 is 0 Å². The largest absolute Gasteiger partial charge is 0.489 e. The standard InChI is InChI=1S/C26H32FN9O2/c1-33(26-30-24-16-21(23-3-2-14-37-23)32-36(24)25(28)31-26)8-9-34-10-12-35(13-11-34)22-5-4-18(15-20(22)27)38-19-6-7-29-17-19/h2-5,14-16,19,29H,6-13,17H2,1H3,(H2,28,30,31). The van der Waals surface area contributed by atoms with Crippen molar-refractivity contribution in [2.45, 2.75) is 12.5 Å². The number of rotatable bonds is 8. The number of anilines is 3. The van der Waals surface area contributed by atoms with Crippen LogP contribution in [0.5, 0.6) is 5.75 Å². The fourth-order valence-corrected chi connectivity index (χ4v) is 4.95. The van der Waals surface area contributed by atoms with E-state index in [2.05, 4.69) is 30.2 Å². The van der Waals surface area contributed by atoms with Gasteiger partial charge in [0, 0.05) is 65.0 Å². The van der Waals surface area contributed by atoms with Crippen LogP contribution in [0.3, 0.4) is 0 Å². The van der Waals surface area contributed by atoms with Gasteiger partial charge >= 0.3 is 0 Å². The summed E-state index contributed by atoms with van der Waals surface area (Å²) in [6.45, 7) is 6.52. The first-order valence-electron chi connectivity index (χ1n) is 13.0. The van der Waals surface area contributed by atoms with Gasteiger partial charge in [-0.05, 0) is 37.2 Å². The van der Waals surface area contributed by atoms with Crippen molar-refractivity contribution < 1.29 is 13.5 Å². The number of nitrogens with one attached hydrogen (secondary N) is 1. The van der Waals surface area contributed by atoms with Crippen LogP contribution in [0.4, 0.5) is 22.0 Å². The number of aromatic nitrogens is 4. The highest BCUT2D eigenvalue weighted by atomic mass is 19.1. The van der Waals surface area contributed by atoms with Crippen LogP contribution in [-0.4, -0.2) is 90.0 Å². The zero-order chi connectivity index (χ0) is 26.1. The van der Waals surface area contributed by atoms with E-state index in [0.717, 1.165) is 58.8 Å². The fourth-order valence-electron chi connectivity index (χ4n) is 4.95. The lowest BCUT2D eigenvalue weighted by molar-refractivity contribution is 0.222. The second-order valence-electron chi connectivity index (χ2n) is 9.75. The quantitative estimate of drug-likeness (QED) is 0.357. The van der Waals surface area contributed by atoms with E-state index in [1.807, 2.05) is 42.3 Å². The van der Waals surface area contributed by atoms with Gasteiger partial charge in [-0.25, -0.2) is 4.39 Å². The molecule has 4 aromatic rings. The summed E-state index contributed by atoms with van der Waals surface area (Å²) in [4.78, 5) is 15.5. The van der Waals surface area contributed by atoms with Gasteiger partial charge in [0.05, 0.1) is 12.0 Å². The highest BCUT2D eigenvalue weighted by molar-refractivity contribution is 5.61. The summed E-state index contributed by atoms with van der Waals surface area (Å²) in [7, 11) is 1.95. The Bertz CT molecular complexity index is 1380. The van der Waals surface area contributed by atoms with E-state index in [9.17, 15) is 4.39 Å². The molecule has 1 unspecified atom stereocenters. The van der Waals surface area contributed by atoms with Gasteiger partial charge in [0.2, 0.25) is 11.9 Å². The van der Waals surface area contributed by atoms with Crippen LogP contribution in [0, 0.1) is 5.82 Å². The van der Waals surface area contributed by atoms with Crippen molar-refractivity contribution in [1.29, 1.82) is 0 Å². The molecule has 6 rings (SSSR count). The molecule has 0 amide bonds. The molecule has 200 valence electrons. The molecule has 11 nitrogen and oxygen atoms in total. The van der Waals surface area contributed by atoms with Crippen LogP contribution < -0.4 is 25.6 Å². The first kappa shape index (κ1) is 24.4. The molecular weight excluding hydrogens is 489 g/mol. The molecule has 2 fully saturated rings. The Morgan fingerprint density at radius 3 is 2.79 bits per heavy atom. The van der Waals surface area contributed by atoms with Crippen LogP contribution in [0.25, 0.3) is 17.1 Å². The maximum absolute atomic E-state index is 14.9. The minimum atomic E-state index is -0.234. The molecule has 5 heterocycles. The van der Waals surface area contributed by atoms with Crippen molar-refractivity contribution >= 4 is 23.2 Å². The molecular formula is C26H32FN9O2. The summed E-state index contributed by atoms with van der Waals surface area (Å²) in [5, 5.41) is 7.71. The normalized spacial score (nSPS) is 18.4. The minimum absolute atomic E-state index is 0.116. The van der Waals surface area contributed by atoms with Crippen LogP contribution in [0.15, 0.2) is 47.1 Å². The summed E-state index contributed by atoms with van der Waals surface area (Å²) in [6, 6.07) is 10.7. The Labute approximate surface area is 220 Å². The fraction of sp³-hybridized carbons (Fsp3) is 0.423. The number of halogens is 1. The number of fused-ring (bicyclic) bond motifs is 1. The van der Waals surface area contributed by atoms with E-state index in [1.54, 1.807) is 6.26 Å². The van der Waals surface area contributed by atoms with Crippen molar-refractivity contribution in [3.8, 4) is 17.2 Å². The van der Waals surface area contributed by atoms with E-state index in [1.165, 1.54) is 10.6 Å². The van der Waals surface area contributed by atoms with E-state index in [-0.39, 0.29) is 17.9 Å². The molecule has 2 aliphatic rings. The predicted molar refractivity (Wildman–Crippen MR) is 143 cm³/mol. The van der Waals surface area contributed by atoms with Gasteiger partial charge in [0.15, 0.2) is 11.4 Å². The van der Waals surface area contributed by atoms with Gasteiger partial charge in [0.25, 0.3) is 0 Å². The summed E-state index contributed by atoms with van der Waals surface area (Å²) in [5.41, 5.74) is 8.06. The lowest BCUT2D eigenvalue weighted by Crippen LogP contribution is -2.48. The van der Waals surface area contributed by atoms with Gasteiger partial charge < -0.3 is 30.0 Å². The molecule has 3 N–H and O–H groups in total. The third kappa shape index (κ3) is 5.09. The number of nitrogens with zero attached hydrogens (tertiary/aromatic N) is 7. The topological polar surface area (TPSA) is 113 Å². The third-order valence-electron chi connectivity index (χ3n) is 7.15. The molecule has 0 bridgehead atoms. The van der Waals surface area contributed by atoms with Gasteiger partial charge in [-0.3, -0.25) is 4.90 Å². The van der Waals surface area contributed by atoms with Crippen molar-refractivity contribution in [3.05, 3.63) is 48.5 Å².